The van der Waals surface area contributed by atoms with Gasteiger partial charge in [-0.3, -0.25) is 4.79 Å². The van der Waals surface area contributed by atoms with Crippen molar-refractivity contribution in [2.75, 3.05) is 33.4 Å². The van der Waals surface area contributed by atoms with E-state index in [9.17, 15) is 4.79 Å². The number of nitrogens with zero attached hydrogens (tertiary/aromatic N) is 1. The summed E-state index contributed by atoms with van der Waals surface area (Å²) >= 11 is 0. The fourth-order valence-corrected chi connectivity index (χ4v) is 1.49. The monoisotopic (exact) mass is 249 g/mol. The molecule has 1 aromatic carbocycles. The maximum absolute atomic E-state index is 11.9. The van der Waals surface area contributed by atoms with Gasteiger partial charge in [0.05, 0.1) is 13.2 Å². The Morgan fingerprint density at radius 2 is 2.06 bits per heavy atom. The minimum atomic E-state index is -0.120. The Balaban J connectivity index is 2.57. The summed E-state index contributed by atoms with van der Waals surface area (Å²) in [6, 6.07) is 9.61. The molecule has 0 atom stereocenters. The van der Waals surface area contributed by atoms with Gasteiger partial charge in [0.1, 0.15) is 0 Å². The minimum Gasteiger partial charge on any atom is -0.395 e. The van der Waals surface area contributed by atoms with E-state index in [0.29, 0.717) is 19.7 Å². The van der Waals surface area contributed by atoms with Crippen LogP contribution in [-0.4, -0.2) is 49.3 Å². The van der Waals surface area contributed by atoms with Crippen LogP contribution in [0.5, 0.6) is 0 Å². The second-order valence-corrected chi connectivity index (χ2v) is 3.79. The van der Waals surface area contributed by atoms with E-state index in [1.165, 1.54) is 6.08 Å². The Kier molecular flexibility index (Phi) is 6.76. The third-order valence-corrected chi connectivity index (χ3v) is 2.46. The molecule has 1 N–H and O–H groups in total. The number of hydrogen-bond donors (Lipinski definition) is 1. The molecule has 0 aliphatic rings. The molecule has 0 aliphatic carbocycles. The van der Waals surface area contributed by atoms with Gasteiger partial charge in [-0.2, -0.15) is 0 Å². The molecule has 18 heavy (non-hydrogen) atoms. The normalized spacial score (nSPS) is 10.8. The van der Waals surface area contributed by atoms with Gasteiger partial charge in [0.25, 0.3) is 0 Å². The van der Waals surface area contributed by atoms with E-state index in [0.717, 1.165) is 5.56 Å². The molecule has 0 saturated heterocycles. The van der Waals surface area contributed by atoms with Gasteiger partial charge in [-0.15, -0.1) is 0 Å². The Morgan fingerprint density at radius 1 is 1.33 bits per heavy atom. The molecule has 0 saturated carbocycles. The first kappa shape index (κ1) is 14.4. The van der Waals surface area contributed by atoms with Crippen LogP contribution in [0.25, 0.3) is 6.08 Å². The zero-order chi connectivity index (χ0) is 13.2. The number of amides is 1. The number of carbonyl (C=O) groups is 1. The Bertz CT molecular complexity index is 376. The van der Waals surface area contributed by atoms with Crippen molar-refractivity contribution in [1.82, 2.24) is 4.90 Å². The van der Waals surface area contributed by atoms with Crippen LogP contribution < -0.4 is 0 Å². The zero-order valence-corrected chi connectivity index (χ0v) is 10.6. The average molecular weight is 249 g/mol. The molecule has 0 fully saturated rings. The average Bonchev–Trinajstić information content (AvgIpc) is 2.42. The van der Waals surface area contributed by atoms with Crippen LogP contribution in [0.1, 0.15) is 5.56 Å². The lowest BCUT2D eigenvalue weighted by molar-refractivity contribution is -0.127. The molecule has 1 amide bonds. The first-order valence-electron chi connectivity index (χ1n) is 5.89. The van der Waals surface area contributed by atoms with Gasteiger partial charge in [0, 0.05) is 26.3 Å². The van der Waals surface area contributed by atoms with E-state index in [2.05, 4.69) is 0 Å². The molecular formula is C14H19NO3. The van der Waals surface area contributed by atoms with Crippen LogP contribution in [-0.2, 0) is 9.53 Å². The summed E-state index contributed by atoms with van der Waals surface area (Å²) < 4.78 is 4.93. The Labute approximate surface area is 107 Å². The summed E-state index contributed by atoms with van der Waals surface area (Å²) in [4.78, 5) is 13.4. The molecule has 0 aromatic heterocycles. The lowest BCUT2D eigenvalue weighted by atomic mass is 10.2. The van der Waals surface area contributed by atoms with E-state index in [-0.39, 0.29) is 12.5 Å². The maximum atomic E-state index is 11.9. The van der Waals surface area contributed by atoms with Crippen LogP contribution in [0.4, 0.5) is 0 Å². The predicted octanol–water partition coefficient (Wildman–Crippen LogP) is 1.17. The van der Waals surface area contributed by atoms with Gasteiger partial charge in [0.15, 0.2) is 0 Å². The summed E-state index contributed by atoms with van der Waals surface area (Å²) in [5, 5.41) is 8.91. The predicted molar refractivity (Wildman–Crippen MR) is 71.0 cm³/mol. The standard InChI is InChI=1S/C14H19NO3/c1-18-12-10-15(9-11-16)14(17)8-7-13-5-3-2-4-6-13/h2-8,16H,9-12H2,1H3/b8-7+. The second kappa shape index (κ2) is 8.44. The second-order valence-electron chi connectivity index (χ2n) is 3.79. The lowest BCUT2D eigenvalue weighted by Gasteiger charge is -2.19. The van der Waals surface area contributed by atoms with E-state index < -0.39 is 0 Å². The van der Waals surface area contributed by atoms with Gasteiger partial charge in [-0.25, -0.2) is 0 Å². The molecule has 0 bridgehead atoms. The number of aliphatic hydroxyl groups is 1. The topological polar surface area (TPSA) is 49.8 Å². The SMILES string of the molecule is COCCN(CCO)C(=O)/C=C/c1ccccc1. The molecule has 0 unspecified atom stereocenters. The molecule has 0 aliphatic heterocycles. The minimum absolute atomic E-state index is 0.0470. The van der Waals surface area contributed by atoms with Crippen LogP contribution in [0.3, 0.4) is 0 Å². The van der Waals surface area contributed by atoms with E-state index in [4.69, 9.17) is 9.84 Å². The van der Waals surface area contributed by atoms with Crippen LogP contribution in [0.15, 0.2) is 36.4 Å². The van der Waals surface area contributed by atoms with Gasteiger partial charge in [0.2, 0.25) is 5.91 Å². The highest BCUT2D eigenvalue weighted by Crippen LogP contribution is 2.02. The molecular weight excluding hydrogens is 230 g/mol. The summed E-state index contributed by atoms with van der Waals surface area (Å²) in [7, 11) is 1.58. The van der Waals surface area contributed by atoms with Gasteiger partial charge in [-0.05, 0) is 11.6 Å². The van der Waals surface area contributed by atoms with Crippen LogP contribution in [0, 0.1) is 0 Å². The summed E-state index contributed by atoms with van der Waals surface area (Å²) in [6.45, 7) is 1.22. The van der Waals surface area contributed by atoms with E-state index in [1.807, 2.05) is 30.3 Å². The fraction of sp³-hybridized carbons (Fsp3) is 0.357. The first-order chi connectivity index (χ1) is 8.77. The number of benzene rings is 1. The summed E-state index contributed by atoms with van der Waals surface area (Å²) in [6.07, 6.45) is 3.28. The molecule has 0 spiro atoms. The maximum Gasteiger partial charge on any atom is 0.246 e. The van der Waals surface area contributed by atoms with Crippen LogP contribution >= 0.6 is 0 Å². The fourth-order valence-electron chi connectivity index (χ4n) is 1.49. The van der Waals surface area contributed by atoms with Crippen molar-refractivity contribution in [3.05, 3.63) is 42.0 Å². The highest BCUT2D eigenvalue weighted by molar-refractivity contribution is 5.91. The van der Waals surface area contributed by atoms with Crippen molar-refractivity contribution >= 4 is 12.0 Å². The van der Waals surface area contributed by atoms with Gasteiger partial charge >= 0.3 is 0 Å². The van der Waals surface area contributed by atoms with Crippen molar-refractivity contribution in [1.29, 1.82) is 0 Å². The highest BCUT2D eigenvalue weighted by atomic mass is 16.5. The summed E-state index contributed by atoms with van der Waals surface area (Å²) in [5.41, 5.74) is 0.974. The Morgan fingerprint density at radius 3 is 2.67 bits per heavy atom. The molecule has 0 heterocycles. The number of methoxy groups -OCH3 is 1. The molecule has 98 valence electrons. The lowest BCUT2D eigenvalue weighted by Crippen LogP contribution is -2.34. The van der Waals surface area contributed by atoms with Crippen molar-refractivity contribution in [2.24, 2.45) is 0 Å². The largest absolute Gasteiger partial charge is 0.395 e. The quantitative estimate of drug-likeness (QED) is 0.738. The number of aliphatic hydroxyl groups excluding tert-OH is 1. The highest BCUT2D eigenvalue weighted by Gasteiger charge is 2.08. The Hall–Kier alpha value is -1.65. The molecule has 1 aromatic rings. The number of carbonyl (C=O) groups excluding carboxylic acids is 1. The van der Waals surface area contributed by atoms with Crippen LogP contribution in [0.2, 0.25) is 0 Å². The number of ether oxygens (including phenoxy) is 1. The van der Waals surface area contributed by atoms with Crippen molar-refractivity contribution in [3.8, 4) is 0 Å². The first-order valence-corrected chi connectivity index (χ1v) is 5.89. The van der Waals surface area contributed by atoms with E-state index >= 15 is 0 Å². The van der Waals surface area contributed by atoms with Crippen molar-refractivity contribution < 1.29 is 14.6 Å². The molecule has 0 radical (unpaired) electrons. The zero-order valence-electron chi connectivity index (χ0n) is 10.6. The third-order valence-electron chi connectivity index (χ3n) is 2.46. The number of rotatable bonds is 7. The van der Waals surface area contributed by atoms with E-state index in [1.54, 1.807) is 18.1 Å². The van der Waals surface area contributed by atoms with Crippen molar-refractivity contribution in [2.45, 2.75) is 0 Å². The molecule has 1 rings (SSSR count). The molecule has 4 heteroatoms. The smallest absolute Gasteiger partial charge is 0.246 e. The summed E-state index contributed by atoms with van der Waals surface area (Å²) in [5.74, 6) is -0.120. The third kappa shape index (κ3) is 5.12. The van der Waals surface area contributed by atoms with Gasteiger partial charge in [-0.1, -0.05) is 30.3 Å². The van der Waals surface area contributed by atoms with Crippen molar-refractivity contribution in [3.63, 3.8) is 0 Å². The van der Waals surface area contributed by atoms with Gasteiger partial charge < -0.3 is 14.7 Å². The molecule has 4 nitrogen and oxygen atoms in total. The number of hydrogen-bond acceptors (Lipinski definition) is 3.